The molecule has 0 fully saturated rings. The van der Waals surface area contributed by atoms with Crippen molar-refractivity contribution >= 4 is 17.8 Å². The van der Waals surface area contributed by atoms with E-state index in [4.69, 9.17) is 18.6 Å². The third-order valence-electron chi connectivity index (χ3n) is 3.03. The fourth-order valence-corrected chi connectivity index (χ4v) is 2.07. The lowest BCUT2D eigenvalue weighted by Crippen LogP contribution is -1.96. The highest BCUT2D eigenvalue weighted by Crippen LogP contribution is 2.39. The summed E-state index contributed by atoms with van der Waals surface area (Å²) in [7, 11) is 3.06. The van der Waals surface area contributed by atoms with E-state index >= 15 is 0 Å². The minimum Gasteiger partial charge on any atom is -0.493 e. The highest BCUT2D eigenvalue weighted by molar-refractivity contribution is 6.06. The van der Waals surface area contributed by atoms with Gasteiger partial charge in [0.1, 0.15) is 11.5 Å². The van der Waals surface area contributed by atoms with E-state index < -0.39 is 5.97 Å². The molecule has 1 aromatic heterocycles. The van der Waals surface area contributed by atoms with Gasteiger partial charge >= 0.3 is 5.97 Å². The Kier molecular flexibility index (Phi) is 2.95. The molecule has 0 atom stereocenters. The Morgan fingerprint density at radius 1 is 1.10 bits per heavy atom. The largest absolute Gasteiger partial charge is 0.493 e. The maximum Gasteiger partial charge on any atom is 0.344 e. The topological polar surface area (TPSA) is 57.9 Å². The molecule has 0 N–H and O–H groups in total. The molecule has 0 unspecified atom stereocenters. The first-order valence-corrected chi connectivity index (χ1v) is 5.96. The number of esters is 1. The minimum atomic E-state index is -0.418. The Morgan fingerprint density at radius 3 is 2.40 bits per heavy atom. The molecule has 0 saturated heterocycles. The van der Waals surface area contributed by atoms with Crippen LogP contribution in [-0.2, 0) is 4.74 Å². The smallest absolute Gasteiger partial charge is 0.344 e. The van der Waals surface area contributed by atoms with Gasteiger partial charge in [0.05, 0.1) is 26.0 Å². The van der Waals surface area contributed by atoms with Gasteiger partial charge in [-0.1, -0.05) is 0 Å². The fourth-order valence-electron chi connectivity index (χ4n) is 2.07. The van der Waals surface area contributed by atoms with Crippen LogP contribution in [0.25, 0.3) is 11.8 Å². The molecule has 1 aliphatic rings. The molecule has 5 nitrogen and oxygen atoms in total. The third-order valence-corrected chi connectivity index (χ3v) is 3.03. The molecule has 2 aromatic rings. The zero-order valence-corrected chi connectivity index (χ0v) is 11.0. The Labute approximate surface area is 115 Å². The summed E-state index contributed by atoms with van der Waals surface area (Å²) >= 11 is 0. The van der Waals surface area contributed by atoms with Gasteiger partial charge in [-0.3, -0.25) is 0 Å². The normalized spacial score (nSPS) is 15.1. The summed E-state index contributed by atoms with van der Waals surface area (Å²) in [6.07, 6.45) is 3.22. The van der Waals surface area contributed by atoms with Crippen LogP contribution in [0.4, 0.5) is 0 Å². The van der Waals surface area contributed by atoms with E-state index in [1.54, 1.807) is 36.6 Å². The van der Waals surface area contributed by atoms with Crippen molar-refractivity contribution < 1.29 is 23.4 Å². The first kappa shape index (κ1) is 12.3. The lowest BCUT2D eigenvalue weighted by atomic mass is 10.1. The number of carbonyl (C=O) groups excluding carboxylic acids is 1. The number of hydrogen-bond donors (Lipinski definition) is 0. The van der Waals surface area contributed by atoms with Gasteiger partial charge in [0, 0.05) is 11.6 Å². The van der Waals surface area contributed by atoms with Gasteiger partial charge in [-0.2, -0.15) is 0 Å². The van der Waals surface area contributed by atoms with E-state index in [1.807, 2.05) is 0 Å². The van der Waals surface area contributed by atoms with E-state index in [1.165, 1.54) is 14.2 Å². The highest BCUT2D eigenvalue weighted by Gasteiger charge is 2.29. The van der Waals surface area contributed by atoms with Gasteiger partial charge in [-0.15, -0.1) is 0 Å². The Balaban J connectivity index is 2.12. The van der Waals surface area contributed by atoms with Crippen molar-refractivity contribution in [2.24, 2.45) is 0 Å². The number of methoxy groups -OCH3 is 2. The van der Waals surface area contributed by atoms with Gasteiger partial charge in [0.2, 0.25) is 0 Å². The molecule has 0 radical (unpaired) electrons. The number of ether oxygens (including phenoxy) is 3. The van der Waals surface area contributed by atoms with E-state index in [0.29, 0.717) is 34.1 Å². The van der Waals surface area contributed by atoms with Crippen molar-refractivity contribution in [3.8, 4) is 11.5 Å². The number of fused-ring (bicyclic) bond motifs is 1. The van der Waals surface area contributed by atoms with Crippen molar-refractivity contribution in [3.05, 3.63) is 47.4 Å². The molecule has 3 rings (SSSR count). The second kappa shape index (κ2) is 4.77. The molecule has 0 amide bonds. The summed E-state index contributed by atoms with van der Waals surface area (Å²) in [5.74, 6) is 1.65. The van der Waals surface area contributed by atoms with Crippen LogP contribution in [0, 0.1) is 0 Å². The molecule has 0 bridgehead atoms. The average molecular weight is 272 g/mol. The van der Waals surface area contributed by atoms with E-state index in [-0.39, 0.29) is 0 Å². The van der Waals surface area contributed by atoms with Crippen LogP contribution < -0.4 is 9.47 Å². The van der Waals surface area contributed by atoms with Crippen molar-refractivity contribution in [1.82, 2.24) is 0 Å². The predicted octanol–water partition coefficient (Wildman–Crippen LogP) is 2.97. The lowest BCUT2D eigenvalue weighted by Gasteiger charge is -2.08. The number of benzene rings is 1. The zero-order valence-electron chi connectivity index (χ0n) is 11.0. The first-order valence-electron chi connectivity index (χ1n) is 5.96. The zero-order chi connectivity index (χ0) is 14.1. The highest BCUT2D eigenvalue weighted by atomic mass is 16.5. The van der Waals surface area contributed by atoms with Crippen LogP contribution in [0.2, 0.25) is 0 Å². The Hall–Kier alpha value is -2.69. The van der Waals surface area contributed by atoms with Crippen molar-refractivity contribution in [2.75, 3.05) is 14.2 Å². The van der Waals surface area contributed by atoms with E-state index in [0.717, 1.165) is 0 Å². The lowest BCUT2D eigenvalue weighted by molar-refractivity contribution is 0.0716. The summed E-state index contributed by atoms with van der Waals surface area (Å²) in [4.78, 5) is 11.9. The summed E-state index contributed by atoms with van der Waals surface area (Å²) < 4.78 is 20.9. The Bertz CT molecular complexity index is 683. The van der Waals surface area contributed by atoms with Gasteiger partial charge < -0.3 is 18.6 Å². The van der Waals surface area contributed by atoms with Crippen molar-refractivity contribution in [1.29, 1.82) is 0 Å². The fraction of sp³-hybridized carbons (Fsp3) is 0.133. The van der Waals surface area contributed by atoms with Crippen LogP contribution in [0.3, 0.4) is 0 Å². The maximum atomic E-state index is 11.9. The third kappa shape index (κ3) is 1.93. The van der Waals surface area contributed by atoms with Crippen LogP contribution in [0.5, 0.6) is 11.5 Å². The predicted molar refractivity (Wildman–Crippen MR) is 71.5 cm³/mol. The molecule has 5 heteroatoms. The average Bonchev–Trinajstić information content (AvgIpc) is 3.07. The summed E-state index contributed by atoms with van der Waals surface area (Å²) in [6, 6.07) is 6.87. The molecule has 0 saturated carbocycles. The molecule has 0 spiro atoms. The van der Waals surface area contributed by atoms with Crippen molar-refractivity contribution in [3.63, 3.8) is 0 Å². The van der Waals surface area contributed by atoms with Gasteiger partial charge in [-0.05, 0) is 24.3 Å². The number of furan rings is 1. The molecular weight excluding hydrogens is 260 g/mol. The molecular formula is C15H12O5. The van der Waals surface area contributed by atoms with Crippen LogP contribution in [0.15, 0.2) is 34.9 Å². The van der Waals surface area contributed by atoms with Crippen LogP contribution in [-0.4, -0.2) is 20.2 Å². The van der Waals surface area contributed by atoms with E-state index in [2.05, 4.69) is 0 Å². The second-order valence-corrected chi connectivity index (χ2v) is 4.17. The summed E-state index contributed by atoms with van der Waals surface area (Å²) in [5, 5.41) is 0. The van der Waals surface area contributed by atoms with Crippen LogP contribution >= 0.6 is 0 Å². The van der Waals surface area contributed by atoms with Gasteiger partial charge in [0.25, 0.3) is 0 Å². The second-order valence-electron chi connectivity index (χ2n) is 4.17. The standard InChI is InChI=1S/C15H12O5/c1-17-13-7-10-11(8-14(13)18-2)15(16)20-12(10)6-9-4-3-5-19-9/h3-8H,1-2H3. The summed E-state index contributed by atoms with van der Waals surface area (Å²) in [5.41, 5.74) is 1.10. The monoisotopic (exact) mass is 272 g/mol. The Morgan fingerprint density at radius 2 is 1.80 bits per heavy atom. The molecule has 1 aliphatic heterocycles. The number of hydrogen-bond acceptors (Lipinski definition) is 5. The number of rotatable bonds is 3. The number of carbonyl (C=O) groups is 1. The summed E-state index contributed by atoms with van der Waals surface area (Å²) in [6.45, 7) is 0. The van der Waals surface area contributed by atoms with E-state index in [9.17, 15) is 4.79 Å². The molecule has 1 aromatic carbocycles. The molecule has 0 aliphatic carbocycles. The minimum absolute atomic E-state index is 0.418. The van der Waals surface area contributed by atoms with Crippen LogP contribution in [0.1, 0.15) is 21.7 Å². The first-order chi connectivity index (χ1) is 9.72. The molecule has 2 heterocycles. The SMILES string of the molecule is COc1cc2c(cc1OC)C(=Cc1ccco1)OC2=O. The van der Waals surface area contributed by atoms with Gasteiger partial charge in [-0.25, -0.2) is 4.79 Å². The van der Waals surface area contributed by atoms with Crippen molar-refractivity contribution in [2.45, 2.75) is 0 Å². The number of cyclic esters (lactones) is 1. The maximum absolute atomic E-state index is 11.9. The van der Waals surface area contributed by atoms with Gasteiger partial charge in [0.15, 0.2) is 11.5 Å². The molecule has 20 heavy (non-hydrogen) atoms. The molecule has 102 valence electrons. The quantitative estimate of drug-likeness (QED) is 0.804.